The maximum Gasteiger partial charge on any atom is 0.255 e. The SMILES string of the molecule is COc1ccccc1C(=O)NCCCc1nc2ccccc2n1CC(=O)N(C)C1CCCCC1. The van der Waals surface area contributed by atoms with E-state index in [0.717, 1.165) is 36.1 Å². The molecule has 4 rings (SSSR count). The monoisotopic (exact) mass is 462 g/mol. The maximum absolute atomic E-state index is 13.2. The van der Waals surface area contributed by atoms with Crippen molar-refractivity contribution in [3.05, 3.63) is 59.9 Å². The second-order valence-corrected chi connectivity index (χ2v) is 8.96. The zero-order valence-corrected chi connectivity index (χ0v) is 20.1. The fraction of sp³-hybridized carbons (Fsp3) is 0.444. The number of aryl methyl sites for hydroxylation is 1. The highest BCUT2D eigenvalue weighted by Crippen LogP contribution is 2.23. The highest BCUT2D eigenvalue weighted by molar-refractivity contribution is 5.96. The average molecular weight is 463 g/mol. The number of aromatic nitrogens is 2. The number of amides is 2. The van der Waals surface area contributed by atoms with Crippen LogP contribution in [0, 0.1) is 0 Å². The summed E-state index contributed by atoms with van der Waals surface area (Å²) in [4.78, 5) is 32.4. The van der Waals surface area contributed by atoms with Crippen molar-refractivity contribution in [1.82, 2.24) is 19.8 Å². The van der Waals surface area contributed by atoms with Crippen molar-refractivity contribution < 1.29 is 14.3 Å². The maximum atomic E-state index is 13.2. The minimum absolute atomic E-state index is 0.126. The van der Waals surface area contributed by atoms with Crippen molar-refractivity contribution in [3.63, 3.8) is 0 Å². The summed E-state index contributed by atoms with van der Waals surface area (Å²) in [5.74, 6) is 1.40. The number of imidazole rings is 1. The molecule has 1 fully saturated rings. The van der Waals surface area contributed by atoms with E-state index in [4.69, 9.17) is 9.72 Å². The van der Waals surface area contributed by atoms with Gasteiger partial charge in [-0.3, -0.25) is 9.59 Å². The minimum Gasteiger partial charge on any atom is -0.496 e. The lowest BCUT2D eigenvalue weighted by Crippen LogP contribution is -2.40. The molecule has 0 spiro atoms. The van der Waals surface area contributed by atoms with Crippen LogP contribution in [0.2, 0.25) is 0 Å². The lowest BCUT2D eigenvalue weighted by Gasteiger charge is -2.31. The summed E-state index contributed by atoms with van der Waals surface area (Å²) in [6.45, 7) is 0.798. The van der Waals surface area contributed by atoms with Crippen LogP contribution >= 0.6 is 0 Å². The molecule has 2 aromatic carbocycles. The zero-order valence-electron chi connectivity index (χ0n) is 20.1. The molecular formula is C27H34N4O3. The number of carbonyl (C=O) groups excluding carboxylic acids is 2. The number of fused-ring (bicyclic) bond motifs is 1. The van der Waals surface area contributed by atoms with Gasteiger partial charge in [0, 0.05) is 26.1 Å². The molecule has 3 aromatic rings. The number of carbonyl (C=O) groups is 2. The minimum atomic E-state index is -0.157. The Balaban J connectivity index is 1.41. The number of para-hydroxylation sites is 3. The molecule has 0 saturated heterocycles. The van der Waals surface area contributed by atoms with E-state index in [2.05, 4.69) is 5.32 Å². The lowest BCUT2D eigenvalue weighted by atomic mass is 9.94. The third-order valence-corrected chi connectivity index (χ3v) is 6.76. The summed E-state index contributed by atoms with van der Waals surface area (Å²) >= 11 is 0. The van der Waals surface area contributed by atoms with Gasteiger partial charge < -0.3 is 19.5 Å². The van der Waals surface area contributed by atoms with Crippen LogP contribution in [0.15, 0.2) is 48.5 Å². The van der Waals surface area contributed by atoms with Crippen molar-refractivity contribution in [2.24, 2.45) is 0 Å². The standard InChI is InChI=1S/C27H34N4O3/c1-30(20-11-4-3-5-12-20)26(32)19-31-23-15-8-7-14-22(23)29-25(31)17-10-18-28-27(33)21-13-6-9-16-24(21)34-2/h6-9,13-16,20H,3-5,10-12,17-19H2,1-2H3,(H,28,33). The van der Waals surface area contributed by atoms with Gasteiger partial charge in [-0.1, -0.05) is 43.5 Å². The number of nitrogens with one attached hydrogen (secondary N) is 1. The number of likely N-dealkylation sites (N-methyl/N-ethyl adjacent to an activating group) is 1. The Kier molecular flexibility index (Phi) is 7.83. The first-order chi connectivity index (χ1) is 16.6. The van der Waals surface area contributed by atoms with Crippen LogP contribution in [0.5, 0.6) is 5.75 Å². The Morgan fingerprint density at radius 3 is 2.62 bits per heavy atom. The van der Waals surface area contributed by atoms with Crippen LogP contribution in [-0.4, -0.2) is 53.0 Å². The van der Waals surface area contributed by atoms with Gasteiger partial charge in [0.1, 0.15) is 18.1 Å². The van der Waals surface area contributed by atoms with Crippen molar-refractivity contribution in [2.75, 3.05) is 20.7 Å². The fourth-order valence-electron chi connectivity index (χ4n) is 4.79. The number of methoxy groups -OCH3 is 1. The number of ether oxygens (including phenoxy) is 1. The Morgan fingerprint density at radius 1 is 1.09 bits per heavy atom. The Labute approximate surface area is 201 Å². The number of hydrogen-bond acceptors (Lipinski definition) is 4. The van der Waals surface area contributed by atoms with Gasteiger partial charge in [-0.05, 0) is 43.5 Å². The molecule has 1 aromatic heterocycles. The smallest absolute Gasteiger partial charge is 0.255 e. The van der Waals surface area contributed by atoms with Crippen molar-refractivity contribution in [2.45, 2.75) is 57.5 Å². The van der Waals surface area contributed by atoms with E-state index in [1.807, 2.05) is 52.9 Å². The second-order valence-electron chi connectivity index (χ2n) is 8.96. The number of nitrogens with zero attached hydrogens (tertiary/aromatic N) is 3. The summed E-state index contributed by atoms with van der Waals surface area (Å²) in [6, 6.07) is 15.5. The molecule has 7 nitrogen and oxygen atoms in total. The molecule has 34 heavy (non-hydrogen) atoms. The van der Waals surface area contributed by atoms with E-state index in [-0.39, 0.29) is 18.4 Å². The molecule has 0 atom stereocenters. The largest absolute Gasteiger partial charge is 0.496 e. The van der Waals surface area contributed by atoms with E-state index in [0.29, 0.717) is 30.3 Å². The van der Waals surface area contributed by atoms with E-state index >= 15 is 0 Å². The average Bonchev–Trinajstić information content (AvgIpc) is 3.23. The highest BCUT2D eigenvalue weighted by atomic mass is 16.5. The van der Waals surface area contributed by atoms with Gasteiger partial charge in [0.25, 0.3) is 5.91 Å². The molecule has 1 aliphatic rings. The number of rotatable bonds is 9. The highest BCUT2D eigenvalue weighted by Gasteiger charge is 2.23. The predicted molar refractivity (Wildman–Crippen MR) is 133 cm³/mol. The molecule has 180 valence electrons. The molecule has 0 bridgehead atoms. The fourth-order valence-corrected chi connectivity index (χ4v) is 4.79. The van der Waals surface area contributed by atoms with Crippen LogP contribution in [0.4, 0.5) is 0 Å². The summed E-state index contributed by atoms with van der Waals surface area (Å²) in [5, 5.41) is 2.97. The first-order valence-electron chi connectivity index (χ1n) is 12.2. The van der Waals surface area contributed by atoms with Crippen molar-refractivity contribution in [3.8, 4) is 5.75 Å². The molecule has 1 saturated carbocycles. The predicted octanol–water partition coefficient (Wildman–Crippen LogP) is 4.20. The van der Waals surface area contributed by atoms with E-state index in [9.17, 15) is 9.59 Å². The Bertz CT molecular complexity index is 1130. The van der Waals surface area contributed by atoms with Crippen LogP contribution in [0.3, 0.4) is 0 Å². The molecule has 0 radical (unpaired) electrons. The molecule has 7 heteroatoms. The van der Waals surface area contributed by atoms with Gasteiger partial charge in [-0.2, -0.15) is 0 Å². The molecule has 0 unspecified atom stereocenters. The van der Waals surface area contributed by atoms with Gasteiger partial charge in [-0.15, -0.1) is 0 Å². The van der Waals surface area contributed by atoms with Crippen molar-refractivity contribution >= 4 is 22.8 Å². The first kappa shape index (κ1) is 23.8. The van der Waals surface area contributed by atoms with Gasteiger partial charge in [-0.25, -0.2) is 4.98 Å². The van der Waals surface area contributed by atoms with Gasteiger partial charge in [0.05, 0.1) is 23.7 Å². The molecule has 0 aliphatic heterocycles. The lowest BCUT2D eigenvalue weighted by molar-refractivity contribution is -0.133. The number of benzene rings is 2. The van der Waals surface area contributed by atoms with Crippen LogP contribution < -0.4 is 10.1 Å². The van der Waals surface area contributed by atoms with Gasteiger partial charge in [0.2, 0.25) is 5.91 Å². The summed E-state index contributed by atoms with van der Waals surface area (Å²) < 4.78 is 7.32. The van der Waals surface area contributed by atoms with E-state index < -0.39 is 0 Å². The Morgan fingerprint density at radius 2 is 1.82 bits per heavy atom. The summed E-state index contributed by atoms with van der Waals surface area (Å²) in [5.41, 5.74) is 2.39. The normalized spacial score (nSPS) is 14.2. The summed E-state index contributed by atoms with van der Waals surface area (Å²) in [7, 11) is 3.49. The van der Waals surface area contributed by atoms with E-state index in [1.54, 1.807) is 19.2 Å². The van der Waals surface area contributed by atoms with Crippen LogP contribution in [-0.2, 0) is 17.8 Å². The van der Waals surface area contributed by atoms with Gasteiger partial charge >= 0.3 is 0 Å². The zero-order chi connectivity index (χ0) is 23.9. The molecule has 2 amide bonds. The molecular weight excluding hydrogens is 428 g/mol. The molecule has 1 aliphatic carbocycles. The topological polar surface area (TPSA) is 76.5 Å². The number of hydrogen-bond donors (Lipinski definition) is 1. The first-order valence-corrected chi connectivity index (χ1v) is 12.2. The van der Waals surface area contributed by atoms with Crippen LogP contribution in [0.25, 0.3) is 11.0 Å². The Hall–Kier alpha value is -3.35. The van der Waals surface area contributed by atoms with Crippen LogP contribution in [0.1, 0.15) is 54.7 Å². The quantitative estimate of drug-likeness (QED) is 0.484. The van der Waals surface area contributed by atoms with Crippen molar-refractivity contribution in [1.29, 1.82) is 0 Å². The summed E-state index contributed by atoms with van der Waals surface area (Å²) in [6.07, 6.45) is 7.22. The molecule has 1 heterocycles. The second kappa shape index (κ2) is 11.2. The third-order valence-electron chi connectivity index (χ3n) is 6.76. The van der Waals surface area contributed by atoms with Gasteiger partial charge in [0.15, 0.2) is 0 Å². The van der Waals surface area contributed by atoms with E-state index in [1.165, 1.54) is 19.3 Å². The third kappa shape index (κ3) is 5.41. The molecule has 1 N–H and O–H groups in total.